The summed E-state index contributed by atoms with van der Waals surface area (Å²) < 4.78 is 5.71. The molecule has 1 heterocycles. The summed E-state index contributed by atoms with van der Waals surface area (Å²) in [6.45, 7) is 3.37. The van der Waals surface area contributed by atoms with Gasteiger partial charge in [-0.15, -0.1) is 0 Å². The predicted octanol–water partition coefficient (Wildman–Crippen LogP) is 3.91. The van der Waals surface area contributed by atoms with Crippen LogP contribution in [0.15, 0.2) is 18.5 Å². The second-order valence-corrected chi connectivity index (χ2v) is 5.24. The average Bonchev–Trinajstić information content (AvgIpc) is 2.52. The third-order valence-corrected chi connectivity index (χ3v) is 3.31. The van der Waals surface area contributed by atoms with Crippen molar-refractivity contribution in [1.29, 1.82) is 0 Å². The molecule has 116 valence electrons. The van der Waals surface area contributed by atoms with Crippen molar-refractivity contribution in [3.63, 3.8) is 0 Å². The Kier molecular flexibility index (Phi) is 10.2. The lowest BCUT2D eigenvalue weighted by Gasteiger charge is -2.06. The Morgan fingerprint density at radius 2 is 1.76 bits per heavy atom. The zero-order valence-corrected chi connectivity index (χ0v) is 13.2. The molecule has 0 radical (unpaired) electrons. The van der Waals surface area contributed by atoms with E-state index in [-0.39, 0.29) is 0 Å². The molecule has 0 atom stereocenters. The Bertz CT molecular complexity index is 434. The van der Waals surface area contributed by atoms with Gasteiger partial charge in [0.2, 0.25) is 0 Å². The van der Waals surface area contributed by atoms with Gasteiger partial charge in [-0.05, 0) is 12.5 Å². The number of ether oxygens (including phenoxy) is 1. The zero-order chi connectivity index (χ0) is 15.2. The van der Waals surface area contributed by atoms with E-state index < -0.39 is 0 Å². The van der Waals surface area contributed by atoms with Crippen molar-refractivity contribution < 1.29 is 4.74 Å². The summed E-state index contributed by atoms with van der Waals surface area (Å²) in [5.41, 5.74) is 6.21. The number of nitrogens with zero attached hydrogens (tertiary/aromatic N) is 1. The molecular formula is C18H28N2O. The molecule has 3 heteroatoms. The first-order valence-corrected chi connectivity index (χ1v) is 8.13. The predicted molar refractivity (Wildman–Crippen MR) is 88.3 cm³/mol. The molecule has 1 rings (SSSR count). The molecule has 0 saturated heterocycles. The Labute approximate surface area is 129 Å². The van der Waals surface area contributed by atoms with Crippen LogP contribution in [0.1, 0.15) is 63.9 Å². The van der Waals surface area contributed by atoms with Gasteiger partial charge in [-0.1, -0.05) is 63.7 Å². The first-order chi connectivity index (χ1) is 10.4. The maximum atomic E-state index is 5.71. The highest BCUT2D eigenvalue weighted by atomic mass is 16.5. The highest BCUT2D eigenvalue weighted by Crippen LogP contribution is 2.12. The third-order valence-electron chi connectivity index (χ3n) is 3.31. The van der Waals surface area contributed by atoms with Gasteiger partial charge < -0.3 is 10.5 Å². The van der Waals surface area contributed by atoms with E-state index in [9.17, 15) is 0 Å². The maximum absolute atomic E-state index is 5.71. The van der Waals surface area contributed by atoms with Crippen LogP contribution in [0.4, 0.5) is 0 Å². The minimum Gasteiger partial charge on any atom is -0.492 e. The fourth-order valence-electron chi connectivity index (χ4n) is 2.15. The average molecular weight is 288 g/mol. The summed E-state index contributed by atoms with van der Waals surface area (Å²) in [6.07, 6.45) is 13.9. The minimum atomic E-state index is 0.364. The van der Waals surface area contributed by atoms with Crippen LogP contribution in [-0.4, -0.2) is 18.1 Å². The van der Waals surface area contributed by atoms with E-state index >= 15 is 0 Å². The Balaban J connectivity index is 2.10. The Morgan fingerprint density at radius 1 is 1.05 bits per heavy atom. The Hall–Kier alpha value is -1.53. The van der Waals surface area contributed by atoms with Crippen LogP contribution in [0.5, 0.6) is 5.75 Å². The summed E-state index contributed by atoms with van der Waals surface area (Å²) >= 11 is 0. The molecule has 0 bridgehead atoms. The number of nitrogens with two attached hydrogens (primary N) is 1. The summed E-state index contributed by atoms with van der Waals surface area (Å²) in [5.74, 6) is 6.57. The first-order valence-electron chi connectivity index (χ1n) is 8.13. The molecule has 0 fully saturated rings. The van der Waals surface area contributed by atoms with E-state index in [4.69, 9.17) is 10.5 Å². The van der Waals surface area contributed by atoms with Crippen molar-refractivity contribution in [2.24, 2.45) is 5.73 Å². The van der Waals surface area contributed by atoms with E-state index in [2.05, 4.69) is 23.7 Å². The quantitative estimate of drug-likeness (QED) is 0.524. The van der Waals surface area contributed by atoms with E-state index in [0.29, 0.717) is 6.54 Å². The molecular weight excluding hydrogens is 260 g/mol. The van der Waals surface area contributed by atoms with Gasteiger partial charge in [0.1, 0.15) is 5.75 Å². The highest BCUT2D eigenvalue weighted by Gasteiger charge is 1.96. The molecule has 0 saturated carbocycles. The van der Waals surface area contributed by atoms with E-state index in [1.165, 1.54) is 44.9 Å². The van der Waals surface area contributed by atoms with Crippen LogP contribution in [-0.2, 0) is 0 Å². The SMILES string of the molecule is CCCCCCCCCCOc1cncc(C#CCN)c1. The van der Waals surface area contributed by atoms with E-state index in [0.717, 1.165) is 24.3 Å². The third kappa shape index (κ3) is 9.10. The van der Waals surface area contributed by atoms with Crippen LogP contribution in [0, 0.1) is 11.8 Å². The molecule has 0 spiro atoms. The fraction of sp³-hybridized carbons (Fsp3) is 0.611. The van der Waals surface area contributed by atoms with Crippen LogP contribution >= 0.6 is 0 Å². The van der Waals surface area contributed by atoms with Crippen molar-refractivity contribution in [2.45, 2.75) is 58.3 Å². The second-order valence-electron chi connectivity index (χ2n) is 5.24. The largest absolute Gasteiger partial charge is 0.492 e. The van der Waals surface area contributed by atoms with Crippen molar-refractivity contribution >= 4 is 0 Å². The normalized spacial score (nSPS) is 10.0. The van der Waals surface area contributed by atoms with Gasteiger partial charge in [0, 0.05) is 11.8 Å². The molecule has 1 aromatic rings. The molecule has 3 nitrogen and oxygen atoms in total. The molecule has 21 heavy (non-hydrogen) atoms. The number of rotatable bonds is 10. The molecule has 0 aliphatic heterocycles. The van der Waals surface area contributed by atoms with Gasteiger partial charge in [-0.2, -0.15) is 0 Å². The zero-order valence-electron chi connectivity index (χ0n) is 13.2. The van der Waals surface area contributed by atoms with Gasteiger partial charge in [-0.3, -0.25) is 4.98 Å². The van der Waals surface area contributed by atoms with Crippen LogP contribution < -0.4 is 10.5 Å². The lowest BCUT2D eigenvalue weighted by molar-refractivity contribution is 0.303. The number of aromatic nitrogens is 1. The standard InChI is InChI=1S/C18H28N2O/c1-2-3-4-5-6-7-8-9-13-21-18-14-17(11-10-12-19)15-20-16-18/h14-16H,2-9,12-13,19H2,1H3. The van der Waals surface area contributed by atoms with E-state index in [1.54, 1.807) is 12.4 Å². The lowest BCUT2D eigenvalue weighted by atomic mass is 10.1. The van der Waals surface area contributed by atoms with Crippen LogP contribution in [0.25, 0.3) is 0 Å². The number of hydrogen-bond acceptors (Lipinski definition) is 3. The monoisotopic (exact) mass is 288 g/mol. The summed E-state index contributed by atoms with van der Waals surface area (Å²) in [5, 5.41) is 0. The highest BCUT2D eigenvalue weighted by molar-refractivity contribution is 5.36. The molecule has 0 amide bonds. The topological polar surface area (TPSA) is 48.1 Å². The number of unbranched alkanes of at least 4 members (excludes halogenated alkanes) is 7. The van der Waals surface area contributed by atoms with Gasteiger partial charge >= 0.3 is 0 Å². The Morgan fingerprint density at radius 3 is 2.48 bits per heavy atom. The van der Waals surface area contributed by atoms with Gasteiger partial charge in [-0.25, -0.2) is 0 Å². The summed E-state index contributed by atoms with van der Waals surface area (Å²) in [4.78, 5) is 4.13. The molecule has 0 aromatic carbocycles. The van der Waals surface area contributed by atoms with Crippen molar-refractivity contribution in [2.75, 3.05) is 13.2 Å². The molecule has 0 aliphatic carbocycles. The molecule has 1 aromatic heterocycles. The smallest absolute Gasteiger partial charge is 0.138 e. The molecule has 0 unspecified atom stereocenters. The van der Waals surface area contributed by atoms with E-state index in [1.807, 2.05) is 6.07 Å². The summed E-state index contributed by atoms with van der Waals surface area (Å²) in [7, 11) is 0. The summed E-state index contributed by atoms with van der Waals surface area (Å²) in [6, 6.07) is 1.92. The number of pyridine rings is 1. The second kappa shape index (κ2) is 12.2. The fourth-order valence-corrected chi connectivity index (χ4v) is 2.15. The van der Waals surface area contributed by atoms with Crippen molar-refractivity contribution in [1.82, 2.24) is 4.98 Å². The first kappa shape index (κ1) is 17.5. The van der Waals surface area contributed by atoms with Gasteiger partial charge in [0.25, 0.3) is 0 Å². The number of hydrogen-bond donors (Lipinski definition) is 1. The van der Waals surface area contributed by atoms with Gasteiger partial charge in [0.05, 0.1) is 19.3 Å². The lowest BCUT2D eigenvalue weighted by Crippen LogP contribution is -1.98. The van der Waals surface area contributed by atoms with Crippen LogP contribution in [0.3, 0.4) is 0 Å². The van der Waals surface area contributed by atoms with Gasteiger partial charge in [0.15, 0.2) is 0 Å². The van der Waals surface area contributed by atoms with Crippen molar-refractivity contribution in [3.8, 4) is 17.6 Å². The maximum Gasteiger partial charge on any atom is 0.138 e. The molecule has 2 N–H and O–H groups in total. The van der Waals surface area contributed by atoms with Crippen molar-refractivity contribution in [3.05, 3.63) is 24.0 Å². The van der Waals surface area contributed by atoms with Crippen LogP contribution in [0.2, 0.25) is 0 Å². The molecule has 0 aliphatic rings. The minimum absolute atomic E-state index is 0.364.